The van der Waals surface area contributed by atoms with Crippen molar-refractivity contribution in [2.24, 2.45) is 0 Å². The highest BCUT2D eigenvalue weighted by molar-refractivity contribution is 5.85. The van der Waals surface area contributed by atoms with Gasteiger partial charge in [0.2, 0.25) is 5.88 Å². The Hall–Kier alpha value is -3.48. The molecule has 0 radical (unpaired) electrons. The van der Waals surface area contributed by atoms with E-state index < -0.39 is 0 Å². The molecule has 0 aliphatic carbocycles. The quantitative estimate of drug-likeness (QED) is 0.570. The van der Waals surface area contributed by atoms with E-state index in [1.165, 1.54) is 0 Å². The molecule has 7 heteroatoms. The number of methoxy groups -OCH3 is 1. The Morgan fingerprint density at radius 3 is 2.72 bits per heavy atom. The fraction of sp³-hybridized carbons (Fsp3) is 0.111. The van der Waals surface area contributed by atoms with E-state index in [0.29, 0.717) is 17.5 Å². The van der Waals surface area contributed by atoms with Gasteiger partial charge in [-0.05, 0) is 37.3 Å². The largest absolute Gasteiger partial charge is 0.497 e. The Kier molecular flexibility index (Phi) is 3.74. The van der Waals surface area contributed by atoms with E-state index in [9.17, 15) is 0 Å². The number of aromatic nitrogens is 5. The first-order valence-corrected chi connectivity index (χ1v) is 7.70. The van der Waals surface area contributed by atoms with E-state index in [2.05, 4.69) is 20.3 Å². The van der Waals surface area contributed by atoms with Gasteiger partial charge in [0.25, 0.3) is 0 Å². The highest BCUT2D eigenvalue weighted by atomic mass is 16.5. The highest BCUT2D eigenvalue weighted by Gasteiger charge is 2.10. The van der Waals surface area contributed by atoms with Gasteiger partial charge in [0.1, 0.15) is 17.3 Å². The van der Waals surface area contributed by atoms with Gasteiger partial charge < -0.3 is 9.47 Å². The number of rotatable bonds is 4. The molecule has 0 unspecified atom stereocenters. The van der Waals surface area contributed by atoms with Crippen molar-refractivity contribution in [3.63, 3.8) is 0 Å². The molecule has 2 heterocycles. The summed E-state index contributed by atoms with van der Waals surface area (Å²) in [6.45, 7) is 1.84. The summed E-state index contributed by atoms with van der Waals surface area (Å²) in [5.41, 5.74) is 1.65. The summed E-state index contributed by atoms with van der Waals surface area (Å²) in [5, 5.41) is 8.60. The van der Waals surface area contributed by atoms with Crippen molar-refractivity contribution in [1.82, 2.24) is 25.0 Å². The Morgan fingerprint density at radius 2 is 1.92 bits per heavy atom. The summed E-state index contributed by atoms with van der Waals surface area (Å²) in [4.78, 5) is 8.88. The molecule has 0 N–H and O–H groups in total. The van der Waals surface area contributed by atoms with Gasteiger partial charge in [-0.1, -0.05) is 11.3 Å². The molecule has 0 saturated heterocycles. The van der Waals surface area contributed by atoms with E-state index >= 15 is 0 Å². The van der Waals surface area contributed by atoms with Crippen LogP contribution in [0.25, 0.3) is 16.6 Å². The molecule has 124 valence electrons. The molecule has 0 fully saturated rings. The van der Waals surface area contributed by atoms with E-state index in [1.807, 2.05) is 49.4 Å². The second kappa shape index (κ2) is 6.20. The van der Waals surface area contributed by atoms with Crippen molar-refractivity contribution in [3.8, 4) is 23.1 Å². The van der Waals surface area contributed by atoms with Crippen molar-refractivity contribution in [2.75, 3.05) is 7.11 Å². The average molecular weight is 333 g/mol. The third kappa shape index (κ3) is 2.99. The highest BCUT2D eigenvalue weighted by Crippen LogP contribution is 2.30. The van der Waals surface area contributed by atoms with Crippen LogP contribution in [0.5, 0.6) is 17.4 Å². The second-order valence-electron chi connectivity index (χ2n) is 5.41. The third-order valence-corrected chi connectivity index (χ3v) is 3.70. The normalized spacial score (nSPS) is 10.8. The molecule has 0 aliphatic heterocycles. The minimum Gasteiger partial charge on any atom is -0.497 e. The van der Waals surface area contributed by atoms with Gasteiger partial charge >= 0.3 is 0 Å². The zero-order chi connectivity index (χ0) is 17.2. The predicted molar refractivity (Wildman–Crippen MR) is 92.3 cm³/mol. The molecular weight excluding hydrogens is 318 g/mol. The molecule has 4 aromatic rings. The first-order chi connectivity index (χ1) is 12.2. The molecule has 25 heavy (non-hydrogen) atoms. The third-order valence-electron chi connectivity index (χ3n) is 3.70. The molecule has 4 rings (SSSR count). The molecule has 2 aromatic carbocycles. The fourth-order valence-corrected chi connectivity index (χ4v) is 2.54. The number of fused-ring (bicyclic) bond motifs is 1. The summed E-state index contributed by atoms with van der Waals surface area (Å²) >= 11 is 0. The van der Waals surface area contributed by atoms with Gasteiger partial charge in [0.05, 0.1) is 36.1 Å². The van der Waals surface area contributed by atoms with Crippen LogP contribution >= 0.6 is 0 Å². The minimum atomic E-state index is 0.483. The van der Waals surface area contributed by atoms with Gasteiger partial charge in [-0.25, -0.2) is 9.67 Å². The van der Waals surface area contributed by atoms with Gasteiger partial charge in [0, 0.05) is 6.07 Å². The van der Waals surface area contributed by atoms with Crippen LogP contribution in [0.1, 0.15) is 5.82 Å². The number of nitrogens with zero attached hydrogens (tertiary/aromatic N) is 5. The Labute approximate surface area is 143 Å². The maximum absolute atomic E-state index is 6.04. The van der Waals surface area contributed by atoms with Crippen LogP contribution in [0.2, 0.25) is 0 Å². The summed E-state index contributed by atoms with van der Waals surface area (Å²) < 4.78 is 13.0. The average Bonchev–Trinajstić information content (AvgIpc) is 3.16. The maximum Gasteiger partial charge on any atom is 0.230 e. The van der Waals surface area contributed by atoms with Crippen LogP contribution in [0.15, 0.2) is 54.9 Å². The van der Waals surface area contributed by atoms with E-state index in [4.69, 9.17) is 9.47 Å². The van der Waals surface area contributed by atoms with Crippen molar-refractivity contribution in [3.05, 3.63) is 60.7 Å². The molecule has 0 spiro atoms. The predicted octanol–water partition coefficient (Wildman–Crippen LogP) is 3.32. The van der Waals surface area contributed by atoms with Crippen LogP contribution < -0.4 is 9.47 Å². The first kappa shape index (κ1) is 15.1. The zero-order valence-electron chi connectivity index (χ0n) is 13.7. The summed E-state index contributed by atoms with van der Waals surface area (Å²) in [5.74, 6) is 2.49. The lowest BCUT2D eigenvalue weighted by Gasteiger charge is -2.10. The van der Waals surface area contributed by atoms with Crippen LogP contribution in [-0.4, -0.2) is 32.1 Å². The summed E-state index contributed by atoms with van der Waals surface area (Å²) in [6.07, 6.45) is 3.40. The Morgan fingerprint density at radius 1 is 1.00 bits per heavy atom. The van der Waals surface area contributed by atoms with Crippen LogP contribution in [0.3, 0.4) is 0 Å². The lowest BCUT2D eigenvalue weighted by atomic mass is 10.2. The van der Waals surface area contributed by atoms with Gasteiger partial charge in [-0.15, -0.1) is 5.10 Å². The number of hydrogen-bond acceptors (Lipinski definition) is 6. The zero-order valence-corrected chi connectivity index (χ0v) is 13.7. The van der Waals surface area contributed by atoms with E-state index in [1.54, 1.807) is 24.2 Å². The smallest absolute Gasteiger partial charge is 0.230 e. The molecule has 0 amide bonds. The Balaban J connectivity index is 1.76. The van der Waals surface area contributed by atoms with Crippen molar-refractivity contribution in [2.45, 2.75) is 6.92 Å². The molecule has 2 aromatic heterocycles. The molecule has 7 nitrogen and oxygen atoms in total. The first-order valence-electron chi connectivity index (χ1n) is 7.70. The van der Waals surface area contributed by atoms with Gasteiger partial charge in [0.15, 0.2) is 0 Å². The monoisotopic (exact) mass is 333 g/mol. The molecule has 0 saturated carbocycles. The SMILES string of the molecule is COc1ccc2nc(C)nc(Oc3cccc(-n4ccnn4)c3)c2c1. The number of benzene rings is 2. The fourth-order valence-electron chi connectivity index (χ4n) is 2.54. The second-order valence-corrected chi connectivity index (χ2v) is 5.41. The minimum absolute atomic E-state index is 0.483. The van der Waals surface area contributed by atoms with Crippen LogP contribution in [-0.2, 0) is 0 Å². The summed E-state index contributed by atoms with van der Waals surface area (Å²) in [6, 6.07) is 13.2. The Bertz CT molecular complexity index is 1030. The van der Waals surface area contributed by atoms with Crippen molar-refractivity contribution < 1.29 is 9.47 Å². The number of hydrogen-bond donors (Lipinski definition) is 0. The maximum atomic E-state index is 6.04. The molecule has 0 bridgehead atoms. The lowest BCUT2D eigenvalue weighted by Crippen LogP contribution is -1.98. The van der Waals surface area contributed by atoms with Crippen LogP contribution in [0.4, 0.5) is 0 Å². The van der Waals surface area contributed by atoms with Gasteiger partial charge in [-0.2, -0.15) is 4.98 Å². The number of ether oxygens (including phenoxy) is 2. The van der Waals surface area contributed by atoms with Crippen molar-refractivity contribution >= 4 is 10.9 Å². The van der Waals surface area contributed by atoms with Crippen LogP contribution in [0, 0.1) is 6.92 Å². The number of aryl methyl sites for hydroxylation is 1. The topological polar surface area (TPSA) is 75.0 Å². The summed E-state index contributed by atoms with van der Waals surface area (Å²) in [7, 11) is 1.62. The standard InChI is InChI=1S/C18H15N5O2/c1-12-20-17-7-6-14(24-2)11-16(17)18(21-12)25-15-5-3-4-13(10-15)23-9-8-19-22-23/h3-11H,1-2H3. The van der Waals surface area contributed by atoms with Crippen molar-refractivity contribution in [1.29, 1.82) is 0 Å². The molecule has 0 aliphatic rings. The lowest BCUT2D eigenvalue weighted by molar-refractivity contribution is 0.415. The molecule has 0 atom stereocenters. The van der Waals surface area contributed by atoms with E-state index in [-0.39, 0.29) is 0 Å². The van der Waals surface area contributed by atoms with E-state index in [0.717, 1.165) is 22.3 Å². The molecular formula is C18H15N5O2. The van der Waals surface area contributed by atoms with Gasteiger partial charge in [-0.3, -0.25) is 0 Å².